The van der Waals surface area contributed by atoms with E-state index in [9.17, 15) is 19.8 Å². The molecule has 0 radical (unpaired) electrons. The van der Waals surface area contributed by atoms with Crippen LogP contribution in [0, 0.1) is 0 Å². The molecule has 1 unspecified atom stereocenters. The number of phenolic OH excluding ortho intramolecular Hbond substituents is 1. The van der Waals surface area contributed by atoms with Gasteiger partial charge in [-0.3, -0.25) is 9.59 Å². The van der Waals surface area contributed by atoms with Crippen LogP contribution in [0.15, 0.2) is 48.0 Å². The van der Waals surface area contributed by atoms with Crippen LogP contribution >= 0.6 is 0 Å². The lowest BCUT2D eigenvalue weighted by molar-refractivity contribution is -0.140. The maximum Gasteiger partial charge on any atom is 0.295 e. The van der Waals surface area contributed by atoms with Gasteiger partial charge >= 0.3 is 0 Å². The Morgan fingerprint density at radius 3 is 2.26 bits per heavy atom. The first-order chi connectivity index (χ1) is 16.1. The Kier molecular flexibility index (Phi) is 7.83. The second-order valence-corrected chi connectivity index (χ2v) is 8.53. The number of aromatic hydroxyl groups is 1. The molecule has 2 aromatic carbocycles. The van der Waals surface area contributed by atoms with Crippen molar-refractivity contribution >= 4 is 17.4 Å². The fourth-order valence-electron chi connectivity index (χ4n) is 3.84. The first kappa shape index (κ1) is 25.1. The van der Waals surface area contributed by atoms with Crippen molar-refractivity contribution in [3.8, 4) is 17.2 Å². The average molecular weight is 470 g/mol. The van der Waals surface area contributed by atoms with Gasteiger partial charge in [0.2, 0.25) is 0 Å². The number of rotatable bonds is 9. The van der Waals surface area contributed by atoms with Crippen molar-refractivity contribution in [1.29, 1.82) is 0 Å². The summed E-state index contributed by atoms with van der Waals surface area (Å²) in [5.74, 6) is -1.11. The van der Waals surface area contributed by atoms with Crippen molar-refractivity contribution in [1.82, 2.24) is 4.90 Å². The molecule has 1 saturated heterocycles. The maximum absolute atomic E-state index is 13.1. The van der Waals surface area contributed by atoms with Crippen LogP contribution in [0.2, 0.25) is 0 Å². The second-order valence-electron chi connectivity index (χ2n) is 8.53. The van der Waals surface area contributed by atoms with Crippen LogP contribution in [0.25, 0.3) is 5.76 Å². The molecule has 8 nitrogen and oxygen atoms in total. The Morgan fingerprint density at radius 2 is 1.71 bits per heavy atom. The average Bonchev–Trinajstić information content (AvgIpc) is 3.03. The zero-order valence-corrected chi connectivity index (χ0v) is 20.1. The van der Waals surface area contributed by atoms with E-state index in [-0.39, 0.29) is 48.2 Å². The van der Waals surface area contributed by atoms with Crippen molar-refractivity contribution in [3.05, 3.63) is 59.2 Å². The number of benzene rings is 2. The third-order valence-corrected chi connectivity index (χ3v) is 5.34. The summed E-state index contributed by atoms with van der Waals surface area (Å²) in [6.07, 6.45) is -0.0625. The molecule has 34 heavy (non-hydrogen) atoms. The largest absolute Gasteiger partial charge is 0.507 e. The molecular formula is C26H31NO7. The monoisotopic (exact) mass is 469 g/mol. The van der Waals surface area contributed by atoms with Gasteiger partial charge in [-0.15, -0.1) is 0 Å². The van der Waals surface area contributed by atoms with E-state index in [1.54, 1.807) is 36.4 Å². The van der Waals surface area contributed by atoms with Crippen LogP contribution in [-0.2, 0) is 14.3 Å². The molecule has 8 heteroatoms. The van der Waals surface area contributed by atoms with Gasteiger partial charge in [-0.05, 0) is 69.7 Å². The highest BCUT2D eigenvalue weighted by molar-refractivity contribution is 6.46. The molecule has 0 bridgehead atoms. The number of carbonyl (C=O) groups excluding carboxylic acids is 2. The van der Waals surface area contributed by atoms with E-state index < -0.39 is 17.7 Å². The fourth-order valence-corrected chi connectivity index (χ4v) is 3.84. The SMILES string of the molecule is COc1ccc(C2/C(=C(/O)c3ccc(OC(C)C)cc3)C(=O)C(=O)N2CCOC(C)C)cc1O. The van der Waals surface area contributed by atoms with E-state index in [0.29, 0.717) is 16.9 Å². The number of ether oxygens (including phenoxy) is 3. The van der Waals surface area contributed by atoms with Crippen LogP contribution < -0.4 is 9.47 Å². The van der Waals surface area contributed by atoms with Gasteiger partial charge in [-0.2, -0.15) is 0 Å². The van der Waals surface area contributed by atoms with Crippen LogP contribution in [0.5, 0.6) is 17.2 Å². The normalized spacial score (nSPS) is 17.6. The molecule has 0 aromatic heterocycles. The molecule has 1 fully saturated rings. The van der Waals surface area contributed by atoms with Gasteiger partial charge in [-0.25, -0.2) is 0 Å². The molecule has 3 rings (SSSR count). The number of likely N-dealkylation sites (tertiary alicyclic amines) is 1. The molecular weight excluding hydrogens is 438 g/mol. The second kappa shape index (κ2) is 10.6. The van der Waals surface area contributed by atoms with Gasteiger partial charge in [0.25, 0.3) is 11.7 Å². The third kappa shape index (κ3) is 5.34. The molecule has 182 valence electrons. The molecule has 1 aliphatic rings. The standard InChI is InChI=1S/C26H31NO7/c1-15(2)33-13-12-27-23(18-8-11-21(32-5)20(28)14-18)22(25(30)26(27)31)24(29)17-6-9-19(10-7-17)34-16(3)4/h6-11,14-16,23,28-29H,12-13H2,1-5H3/b24-22-. The number of ketones is 1. The number of nitrogens with zero attached hydrogens (tertiary/aromatic N) is 1. The Balaban J connectivity index is 2.07. The van der Waals surface area contributed by atoms with E-state index >= 15 is 0 Å². The molecule has 0 saturated carbocycles. The highest BCUT2D eigenvalue weighted by Gasteiger charge is 2.46. The molecule has 1 amide bonds. The van der Waals surface area contributed by atoms with E-state index in [0.717, 1.165) is 0 Å². The van der Waals surface area contributed by atoms with Gasteiger partial charge < -0.3 is 29.3 Å². The van der Waals surface area contributed by atoms with Gasteiger partial charge in [0, 0.05) is 12.1 Å². The minimum absolute atomic E-state index is 0.0134. The molecule has 1 atom stereocenters. The Bertz CT molecular complexity index is 1070. The zero-order chi connectivity index (χ0) is 25.0. The topological polar surface area (TPSA) is 106 Å². The minimum atomic E-state index is -0.904. The predicted octanol–water partition coefficient (Wildman–Crippen LogP) is 4.03. The lowest BCUT2D eigenvalue weighted by Crippen LogP contribution is -2.33. The van der Waals surface area contributed by atoms with Gasteiger partial charge in [0.1, 0.15) is 11.5 Å². The Hall–Kier alpha value is -3.52. The van der Waals surface area contributed by atoms with E-state index in [1.807, 2.05) is 27.7 Å². The molecule has 2 aromatic rings. The quantitative estimate of drug-likeness (QED) is 0.324. The van der Waals surface area contributed by atoms with Crippen molar-refractivity contribution in [3.63, 3.8) is 0 Å². The number of aliphatic hydroxyl groups is 1. The number of Topliss-reactive ketones (excluding diaryl/α,β-unsaturated/α-hetero) is 1. The molecule has 2 N–H and O–H groups in total. The molecule has 1 heterocycles. The smallest absolute Gasteiger partial charge is 0.295 e. The Labute approximate surface area is 199 Å². The predicted molar refractivity (Wildman–Crippen MR) is 127 cm³/mol. The number of methoxy groups -OCH3 is 1. The number of hydrogen-bond acceptors (Lipinski definition) is 7. The van der Waals surface area contributed by atoms with Gasteiger partial charge in [-0.1, -0.05) is 6.07 Å². The third-order valence-electron chi connectivity index (χ3n) is 5.34. The van der Waals surface area contributed by atoms with E-state index in [1.165, 1.54) is 18.1 Å². The summed E-state index contributed by atoms with van der Waals surface area (Å²) < 4.78 is 16.3. The number of hydrogen-bond donors (Lipinski definition) is 2. The number of amides is 1. The highest BCUT2D eigenvalue weighted by Crippen LogP contribution is 2.41. The zero-order valence-electron chi connectivity index (χ0n) is 20.1. The lowest BCUT2D eigenvalue weighted by Gasteiger charge is -2.26. The number of aliphatic hydroxyl groups excluding tert-OH is 1. The minimum Gasteiger partial charge on any atom is -0.507 e. The summed E-state index contributed by atoms with van der Waals surface area (Å²) in [6.45, 7) is 7.91. The van der Waals surface area contributed by atoms with Crippen molar-refractivity contribution in [2.45, 2.75) is 45.9 Å². The van der Waals surface area contributed by atoms with Gasteiger partial charge in [0.05, 0.1) is 37.5 Å². The van der Waals surface area contributed by atoms with Crippen molar-refractivity contribution < 1.29 is 34.0 Å². The fraction of sp³-hybridized carbons (Fsp3) is 0.385. The van der Waals surface area contributed by atoms with E-state index in [4.69, 9.17) is 14.2 Å². The van der Waals surface area contributed by atoms with Crippen molar-refractivity contribution in [2.24, 2.45) is 0 Å². The van der Waals surface area contributed by atoms with Gasteiger partial charge in [0.15, 0.2) is 11.5 Å². The van der Waals surface area contributed by atoms with Crippen LogP contribution in [0.4, 0.5) is 0 Å². The number of carbonyl (C=O) groups is 2. The number of phenols is 1. The summed E-state index contributed by atoms with van der Waals surface area (Å²) in [4.78, 5) is 27.4. The van der Waals surface area contributed by atoms with Crippen molar-refractivity contribution in [2.75, 3.05) is 20.3 Å². The van der Waals surface area contributed by atoms with Crippen LogP contribution in [0.1, 0.15) is 44.9 Å². The summed E-state index contributed by atoms with van der Waals surface area (Å²) >= 11 is 0. The molecule has 1 aliphatic heterocycles. The summed E-state index contributed by atoms with van der Waals surface area (Å²) in [7, 11) is 1.43. The Morgan fingerprint density at radius 1 is 1.03 bits per heavy atom. The van der Waals surface area contributed by atoms with Crippen LogP contribution in [0.3, 0.4) is 0 Å². The molecule has 0 aliphatic carbocycles. The first-order valence-electron chi connectivity index (χ1n) is 11.2. The summed E-state index contributed by atoms with van der Waals surface area (Å²) in [5.41, 5.74) is 0.773. The van der Waals surface area contributed by atoms with E-state index in [2.05, 4.69) is 0 Å². The van der Waals surface area contributed by atoms with Crippen LogP contribution in [-0.4, -0.2) is 59.3 Å². The summed E-state index contributed by atoms with van der Waals surface area (Å²) in [6, 6.07) is 10.4. The highest BCUT2D eigenvalue weighted by atomic mass is 16.5. The maximum atomic E-state index is 13.1. The lowest BCUT2D eigenvalue weighted by atomic mass is 9.95. The first-order valence-corrected chi connectivity index (χ1v) is 11.2. The molecule has 0 spiro atoms. The summed E-state index contributed by atoms with van der Waals surface area (Å²) in [5, 5.41) is 21.5.